The third kappa shape index (κ3) is 4.30. The molecule has 0 bridgehead atoms. The summed E-state index contributed by atoms with van der Waals surface area (Å²) in [7, 11) is 0. The summed E-state index contributed by atoms with van der Waals surface area (Å²) in [5, 5.41) is 19.9. The second kappa shape index (κ2) is 8.49. The summed E-state index contributed by atoms with van der Waals surface area (Å²) < 4.78 is 0. The van der Waals surface area contributed by atoms with E-state index in [1.165, 1.54) is 0 Å². The van der Waals surface area contributed by atoms with Crippen LogP contribution in [0.1, 0.15) is 91.4 Å². The summed E-state index contributed by atoms with van der Waals surface area (Å²) in [6, 6.07) is 0. The molecule has 0 radical (unpaired) electrons. The number of aliphatic hydroxyl groups excluding tert-OH is 1. The molecule has 3 saturated carbocycles. The summed E-state index contributed by atoms with van der Waals surface area (Å²) >= 11 is 0. The molecule has 7 unspecified atom stereocenters. The molecular formula is C24H38O5. The lowest BCUT2D eigenvalue weighted by atomic mass is 9.55. The van der Waals surface area contributed by atoms with Crippen molar-refractivity contribution in [1.29, 1.82) is 0 Å². The zero-order valence-electron chi connectivity index (χ0n) is 18.3. The lowest BCUT2D eigenvalue weighted by Crippen LogP contribution is -2.47. The van der Waals surface area contributed by atoms with E-state index in [2.05, 4.69) is 20.8 Å². The second-order valence-electron chi connectivity index (χ2n) is 10.6. The number of carboxylic acids is 1. The van der Waals surface area contributed by atoms with Gasteiger partial charge in [0.1, 0.15) is 11.6 Å². The highest BCUT2D eigenvalue weighted by Crippen LogP contribution is 2.56. The van der Waals surface area contributed by atoms with Crippen molar-refractivity contribution in [2.45, 2.75) is 97.5 Å². The number of carboxylic acid groups (broad SMARTS) is 1. The zero-order chi connectivity index (χ0) is 21.4. The smallest absolute Gasteiger partial charge is 0.303 e. The SMILES string of the molecule is CC1CC(=O)C2(C)C(CCCC(=O)O)CCC2CC(O)CC2CC(=O)CCC12C. The first kappa shape index (κ1) is 22.5. The zero-order valence-corrected chi connectivity index (χ0v) is 18.3. The number of Topliss-reactive ketones (excluding diaryl/α,β-unsaturated/α-hetero) is 2. The fourth-order valence-electron chi connectivity index (χ4n) is 6.81. The van der Waals surface area contributed by atoms with Gasteiger partial charge in [0, 0.05) is 31.1 Å². The molecule has 0 aliphatic heterocycles. The van der Waals surface area contributed by atoms with Crippen molar-refractivity contribution in [3.63, 3.8) is 0 Å². The molecule has 3 rings (SSSR count). The molecule has 0 aromatic heterocycles. The Bertz CT molecular complexity index is 658. The van der Waals surface area contributed by atoms with Gasteiger partial charge in [0.05, 0.1) is 6.10 Å². The Kier molecular flexibility index (Phi) is 6.57. The molecule has 29 heavy (non-hydrogen) atoms. The van der Waals surface area contributed by atoms with Crippen molar-refractivity contribution in [3.05, 3.63) is 0 Å². The number of aliphatic hydroxyl groups is 1. The minimum Gasteiger partial charge on any atom is -0.481 e. The molecule has 5 nitrogen and oxygen atoms in total. The van der Waals surface area contributed by atoms with Gasteiger partial charge in [0.15, 0.2) is 0 Å². The van der Waals surface area contributed by atoms with Gasteiger partial charge in [-0.15, -0.1) is 0 Å². The average molecular weight is 407 g/mol. The quantitative estimate of drug-likeness (QED) is 0.722. The van der Waals surface area contributed by atoms with E-state index in [0.717, 1.165) is 25.7 Å². The minimum atomic E-state index is -0.781. The van der Waals surface area contributed by atoms with Crippen LogP contribution in [0.2, 0.25) is 0 Å². The highest BCUT2D eigenvalue weighted by Gasteiger charge is 2.54. The van der Waals surface area contributed by atoms with Gasteiger partial charge in [-0.05, 0) is 74.0 Å². The van der Waals surface area contributed by atoms with E-state index < -0.39 is 17.5 Å². The molecule has 0 aromatic carbocycles. The van der Waals surface area contributed by atoms with Crippen molar-refractivity contribution in [1.82, 2.24) is 0 Å². The molecule has 0 aromatic rings. The van der Waals surface area contributed by atoms with Crippen LogP contribution in [0.15, 0.2) is 0 Å². The summed E-state index contributed by atoms with van der Waals surface area (Å²) in [5.41, 5.74) is -0.563. The molecule has 7 atom stereocenters. The molecule has 0 spiro atoms. The number of aliphatic carboxylic acids is 1. The Balaban J connectivity index is 1.85. The molecule has 3 fully saturated rings. The molecule has 0 saturated heterocycles. The molecule has 0 amide bonds. The van der Waals surface area contributed by atoms with Crippen LogP contribution in [0.25, 0.3) is 0 Å². The number of fused-ring (bicyclic) bond motifs is 2. The number of carbonyl (C=O) groups excluding carboxylic acids is 2. The Morgan fingerprint density at radius 3 is 2.48 bits per heavy atom. The lowest BCUT2D eigenvalue weighted by Gasteiger charge is -2.48. The van der Waals surface area contributed by atoms with Crippen molar-refractivity contribution in [3.8, 4) is 0 Å². The Labute approximate surface area is 174 Å². The number of carbonyl (C=O) groups is 3. The number of ketones is 2. The Hall–Kier alpha value is -1.23. The molecule has 3 aliphatic carbocycles. The maximum atomic E-state index is 13.7. The van der Waals surface area contributed by atoms with Gasteiger partial charge < -0.3 is 10.2 Å². The summed E-state index contributed by atoms with van der Waals surface area (Å²) in [5.74, 6) is 0.482. The van der Waals surface area contributed by atoms with Gasteiger partial charge in [-0.25, -0.2) is 0 Å². The second-order valence-corrected chi connectivity index (χ2v) is 10.6. The van der Waals surface area contributed by atoms with Crippen LogP contribution >= 0.6 is 0 Å². The Morgan fingerprint density at radius 1 is 1.10 bits per heavy atom. The molecule has 5 heteroatoms. The molecule has 3 aliphatic rings. The first-order valence-electron chi connectivity index (χ1n) is 11.5. The third-order valence-corrected chi connectivity index (χ3v) is 9.18. The van der Waals surface area contributed by atoms with E-state index in [1.54, 1.807) is 0 Å². The highest BCUT2D eigenvalue weighted by molar-refractivity contribution is 5.86. The highest BCUT2D eigenvalue weighted by atomic mass is 16.4. The standard InChI is InChI=1S/C24H38O5/c1-15-11-21(27)24(3)16(5-4-6-22(28)29)7-8-17(24)12-20(26)14-18-13-19(25)9-10-23(15,18)2/h15-18,20,26H,4-14H2,1-3H3,(H,28,29). The fourth-order valence-corrected chi connectivity index (χ4v) is 6.81. The molecule has 0 heterocycles. The Morgan fingerprint density at radius 2 is 1.79 bits per heavy atom. The maximum Gasteiger partial charge on any atom is 0.303 e. The summed E-state index contributed by atoms with van der Waals surface area (Å²) in [6.07, 6.45) is 6.62. The van der Waals surface area contributed by atoms with E-state index in [-0.39, 0.29) is 35.5 Å². The molecule has 2 N–H and O–H groups in total. The fraction of sp³-hybridized carbons (Fsp3) is 0.875. The van der Waals surface area contributed by atoms with Crippen LogP contribution < -0.4 is 0 Å². The van der Waals surface area contributed by atoms with Crippen LogP contribution in [0.3, 0.4) is 0 Å². The maximum absolute atomic E-state index is 13.7. The summed E-state index contributed by atoms with van der Waals surface area (Å²) in [6.45, 7) is 6.46. The van der Waals surface area contributed by atoms with E-state index >= 15 is 0 Å². The predicted octanol–water partition coefficient (Wildman–Crippen LogP) is 4.40. The largest absolute Gasteiger partial charge is 0.481 e. The topological polar surface area (TPSA) is 91.7 Å². The van der Waals surface area contributed by atoms with E-state index in [9.17, 15) is 19.5 Å². The number of rotatable bonds is 4. The minimum absolute atomic E-state index is 0.0921. The third-order valence-electron chi connectivity index (χ3n) is 9.18. The van der Waals surface area contributed by atoms with Crippen LogP contribution in [0, 0.1) is 34.5 Å². The van der Waals surface area contributed by atoms with Crippen molar-refractivity contribution >= 4 is 17.5 Å². The van der Waals surface area contributed by atoms with Gasteiger partial charge in [-0.1, -0.05) is 20.8 Å². The summed E-state index contributed by atoms with van der Waals surface area (Å²) in [4.78, 5) is 36.7. The molecular weight excluding hydrogens is 368 g/mol. The van der Waals surface area contributed by atoms with E-state index in [4.69, 9.17) is 5.11 Å². The van der Waals surface area contributed by atoms with Crippen molar-refractivity contribution in [2.75, 3.05) is 0 Å². The van der Waals surface area contributed by atoms with E-state index in [1.807, 2.05) is 0 Å². The van der Waals surface area contributed by atoms with Crippen molar-refractivity contribution < 1.29 is 24.6 Å². The van der Waals surface area contributed by atoms with Crippen molar-refractivity contribution in [2.24, 2.45) is 34.5 Å². The number of hydrogen-bond acceptors (Lipinski definition) is 4. The van der Waals surface area contributed by atoms with Gasteiger partial charge in [0.25, 0.3) is 0 Å². The van der Waals surface area contributed by atoms with Crippen LogP contribution in [0.4, 0.5) is 0 Å². The van der Waals surface area contributed by atoms with Gasteiger partial charge in [0.2, 0.25) is 0 Å². The number of hydrogen-bond donors (Lipinski definition) is 2. The van der Waals surface area contributed by atoms with Crippen LogP contribution in [-0.4, -0.2) is 33.9 Å². The van der Waals surface area contributed by atoms with E-state index in [0.29, 0.717) is 50.1 Å². The van der Waals surface area contributed by atoms with Crippen LogP contribution in [-0.2, 0) is 14.4 Å². The first-order chi connectivity index (χ1) is 13.6. The predicted molar refractivity (Wildman–Crippen MR) is 110 cm³/mol. The van der Waals surface area contributed by atoms with Gasteiger partial charge in [-0.2, -0.15) is 0 Å². The van der Waals surface area contributed by atoms with Gasteiger partial charge >= 0.3 is 5.97 Å². The monoisotopic (exact) mass is 406 g/mol. The van der Waals surface area contributed by atoms with Crippen LogP contribution in [0.5, 0.6) is 0 Å². The normalized spacial score (nSPS) is 43.5. The first-order valence-corrected chi connectivity index (χ1v) is 11.5. The average Bonchev–Trinajstić information content (AvgIpc) is 2.94. The molecule has 164 valence electrons. The van der Waals surface area contributed by atoms with Gasteiger partial charge in [-0.3, -0.25) is 14.4 Å². The lowest BCUT2D eigenvalue weighted by molar-refractivity contribution is -0.138.